The van der Waals surface area contributed by atoms with Crippen LogP contribution < -0.4 is 19.1 Å². The van der Waals surface area contributed by atoms with E-state index in [0.29, 0.717) is 52.8 Å². The van der Waals surface area contributed by atoms with E-state index in [9.17, 15) is 19.5 Å². The second kappa shape index (κ2) is 12.2. The highest BCUT2D eigenvalue weighted by atomic mass is 32.1. The topological polar surface area (TPSA) is 115 Å². The van der Waals surface area contributed by atoms with Gasteiger partial charge in [0.15, 0.2) is 22.4 Å². The van der Waals surface area contributed by atoms with Crippen LogP contribution in [0.25, 0.3) is 5.76 Å². The number of benzene rings is 3. The van der Waals surface area contributed by atoms with Crippen molar-refractivity contribution >= 4 is 39.7 Å². The SMILES string of the molecule is CCOc1cc([C@H]2C(=C(O)c3ccc4c(c3)C[C@@H](C)O4)C(=O)C(=O)N2c2nc(C)c(C(C)=O)s2)ccc1OCc1ccccc1. The molecule has 2 aliphatic rings. The largest absolute Gasteiger partial charge is 0.507 e. The average Bonchev–Trinajstić information content (AvgIpc) is 3.68. The molecule has 10 heteroatoms. The van der Waals surface area contributed by atoms with Crippen LogP contribution in [0, 0.1) is 6.92 Å². The van der Waals surface area contributed by atoms with Gasteiger partial charge < -0.3 is 19.3 Å². The maximum Gasteiger partial charge on any atom is 0.301 e. The molecule has 9 nitrogen and oxygen atoms in total. The molecule has 2 atom stereocenters. The van der Waals surface area contributed by atoms with E-state index in [0.717, 1.165) is 28.2 Å². The molecular weight excluding hydrogens is 592 g/mol. The summed E-state index contributed by atoms with van der Waals surface area (Å²) in [4.78, 5) is 45.9. The van der Waals surface area contributed by atoms with Crippen molar-refractivity contribution in [2.45, 2.75) is 52.9 Å². The minimum absolute atomic E-state index is 0.00815. The molecular formula is C35H32N2O7S. The van der Waals surface area contributed by atoms with Gasteiger partial charge in [0.2, 0.25) is 0 Å². The lowest BCUT2D eigenvalue weighted by atomic mass is 9.94. The van der Waals surface area contributed by atoms with Crippen molar-refractivity contribution in [1.82, 2.24) is 4.98 Å². The number of anilines is 1. The van der Waals surface area contributed by atoms with Gasteiger partial charge in [-0.3, -0.25) is 19.3 Å². The fourth-order valence-corrected chi connectivity index (χ4v) is 6.69. The van der Waals surface area contributed by atoms with Crippen LogP contribution in [-0.2, 0) is 22.6 Å². The quantitative estimate of drug-likeness (QED) is 0.0961. The molecule has 45 heavy (non-hydrogen) atoms. The predicted molar refractivity (Wildman–Crippen MR) is 170 cm³/mol. The summed E-state index contributed by atoms with van der Waals surface area (Å²) in [5, 5.41) is 11.9. The summed E-state index contributed by atoms with van der Waals surface area (Å²) in [6, 6.07) is 19.0. The second-order valence-electron chi connectivity index (χ2n) is 11.0. The van der Waals surface area contributed by atoms with Gasteiger partial charge in [0.25, 0.3) is 5.78 Å². The van der Waals surface area contributed by atoms with Crippen LogP contribution in [0.2, 0.25) is 0 Å². The summed E-state index contributed by atoms with van der Waals surface area (Å²) < 4.78 is 17.9. The molecule has 3 heterocycles. The van der Waals surface area contributed by atoms with E-state index < -0.39 is 17.7 Å². The molecule has 1 aromatic heterocycles. The van der Waals surface area contributed by atoms with E-state index in [1.807, 2.05) is 44.2 Å². The van der Waals surface area contributed by atoms with Gasteiger partial charge in [-0.2, -0.15) is 0 Å². The highest BCUT2D eigenvalue weighted by Gasteiger charge is 2.48. The summed E-state index contributed by atoms with van der Waals surface area (Å²) in [6.07, 6.45) is 0.647. The van der Waals surface area contributed by atoms with E-state index in [1.54, 1.807) is 43.3 Å². The zero-order valence-corrected chi connectivity index (χ0v) is 26.1. The number of Topliss-reactive ketones (excluding diaryl/α,β-unsaturated/α-hetero) is 2. The molecule has 0 bridgehead atoms. The van der Waals surface area contributed by atoms with Gasteiger partial charge in [-0.25, -0.2) is 4.98 Å². The number of hydrogen-bond acceptors (Lipinski definition) is 9. The number of thiazole rings is 1. The van der Waals surface area contributed by atoms with Gasteiger partial charge in [0.1, 0.15) is 24.2 Å². The molecule has 230 valence electrons. The Morgan fingerprint density at radius 3 is 2.56 bits per heavy atom. The number of aryl methyl sites for hydroxylation is 1. The molecule has 6 rings (SSSR count). The number of carbonyl (C=O) groups is 3. The standard InChI is InChI=1S/C35H32N2O7S/c1-5-42-28-17-23(11-14-27(28)43-18-22-9-7-6-8-10-22)30-29(31(39)24-12-13-26-25(16-24)15-19(2)44-26)32(40)34(41)37(30)35-36-20(3)33(45-35)21(4)38/h6-14,16-17,19,30,39H,5,15,18H2,1-4H3/t19-,30+/m1/s1. The second-order valence-corrected chi connectivity index (χ2v) is 12.0. The number of aromatic nitrogens is 1. The third-order valence-corrected chi connectivity index (χ3v) is 9.00. The third-order valence-electron chi connectivity index (χ3n) is 7.75. The minimum atomic E-state index is -1.05. The lowest BCUT2D eigenvalue weighted by molar-refractivity contribution is -0.132. The van der Waals surface area contributed by atoms with E-state index in [2.05, 4.69) is 4.98 Å². The zero-order chi connectivity index (χ0) is 31.8. The van der Waals surface area contributed by atoms with Gasteiger partial charge in [0.05, 0.1) is 28.8 Å². The molecule has 2 aliphatic heterocycles. The fourth-order valence-electron chi connectivity index (χ4n) is 5.70. The van der Waals surface area contributed by atoms with Crippen LogP contribution in [0.3, 0.4) is 0 Å². The monoisotopic (exact) mass is 624 g/mol. The average molecular weight is 625 g/mol. The number of rotatable bonds is 9. The van der Waals surface area contributed by atoms with Gasteiger partial charge in [0, 0.05) is 18.9 Å². The maximum atomic E-state index is 13.8. The number of hydrogen-bond donors (Lipinski definition) is 1. The molecule has 1 saturated heterocycles. The lowest BCUT2D eigenvalue weighted by Gasteiger charge is -2.24. The van der Waals surface area contributed by atoms with Crippen LogP contribution in [0.15, 0.2) is 72.3 Å². The van der Waals surface area contributed by atoms with Crippen molar-refractivity contribution in [1.29, 1.82) is 0 Å². The molecule has 3 aromatic carbocycles. The summed E-state index contributed by atoms with van der Waals surface area (Å²) in [7, 11) is 0. The number of ketones is 2. The van der Waals surface area contributed by atoms with Crippen molar-refractivity contribution < 1.29 is 33.7 Å². The van der Waals surface area contributed by atoms with Gasteiger partial charge >= 0.3 is 5.91 Å². The first-order valence-corrected chi connectivity index (χ1v) is 15.5. The Labute approximate surface area is 264 Å². The molecule has 0 aliphatic carbocycles. The first-order valence-electron chi connectivity index (χ1n) is 14.7. The zero-order valence-electron chi connectivity index (χ0n) is 25.3. The minimum Gasteiger partial charge on any atom is -0.507 e. The van der Waals surface area contributed by atoms with Crippen molar-refractivity contribution in [3.05, 3.63) is 105 Å². The highest BCUT2D eigenvalue weighted by molar-refractivity contribution is 7.18. The molecule has 0 spiro atoms. The third kappa shape index (κ3) is 5.69. The number of nitrogens with zero attached hydrogens (tertiary/aromatic N) is 2. The Hall–Kier alpha value is -4.96. The van der Waals surface area contributed by atoms with Crippen molar-refractivity contribution in [3.63, 3.8) is 0 Å². The Morgan fingerprint density at radius 2 is 1.84 bits per heavy atom. The summed E-state index contributed by atoms with van der Waals surface area (Å²) >= 11 is 1.03. The lowest BCUT2D eigenvalue weighted by Crippen LogP contribution is -2.29. The highest BCUT2D eigenvalue weighted by Crippen LogP contribution is 2.46. The molecule has 4 aromatic rings. The molecule has 1 fully saturated rings. The Morgan fingerprint density at radius 1 is 1.07 bits per heavy atom. The van der Waals surface area contributed by atoms with Crippen LogP contribution in [0.1, 0.15) is 64.4 Å². The normalized spacial score (nSPS) is 18.5. The Kier molecular flexibility index (Phi) is 8.16. The van der Waals surface area contributed by atoms with Gasteiger partial charge in [-0.05, 0) is 67.8 Å². The van der Waals surface area contributed by atoms with E-state index in [1.165, 1.54) is 11.8 Å². The fraction of sp³-hybridized carbons (Fsp3) is 0.257. The van der Waals surface area contributed by atoms with Gasteiger partial charge in [-0.15, -0.1) is 0 Å². The van der Waals surface area contributed by atoms with E-state index in [4.69, 9.17) is 14.2 Å². The van der Waals surface area contributed by atoms with E-state index in [-0.39, 0.29) is 28.4 Å². The van der Waals surface area contributed by atoms with Crippen LogP contribution in [-0.4, -0.2) is 40.3 Å². The first-order chi connectivity index (χ1) is 21.7. The molecule has 1 N–H and O–H groups in total. The van der Waals surface area contributed by atoms with Crippen molar-refractivity contribution in [2.75, 3.05) is 11.5 Å². The van der Waals surface area contributed by atoms with Crippen molar-refractivity contribution in [3.8, 4) is 17.2 Å². The maximum absolute atomic E-state index is 13.8. The van der Waals surface area contributed by atoms with Crippen LogP contribution in [0.5, 0.6) is 17.2 Å². The number of aliphatic hydroxyl groups is 1. The Bertz CT molecular complexity index is 1850. The number of aliphatic hydroxyl groups excluding tert-OH is 1. The molecule has 0 radical (unpaired) electrons. The molecule has 0 unspecified atom stereocenters. The number of ether oxygens (including phenoxy) is 3. The summed E-state index contributed by atoms with van der Waals surface area (Å²) in [5.41, 5.74) is 3.13. The number of amides is 1. The Balaban J connectivity index is 1.48. The molecule has 0 saturated carbocycles. The smallest absolute Gasteiger partial charge is 0.301 e. The summed E-state index contributed by atoms with van der Waals surface area (Å²) in [6.45, 7) is 7.57. The van der Waals surface area contributed by atoms with Gasteiger partial charge in [-0.1, -0.05) is 47.7 Å². The van der Waals surface area contributed by atoms with Crippen LogP contribution >= 0.6 is 11.3 Å². The van der Waals surface area contributed by atoms with Crippen molar-refractivity contribution in [2.24, 2.45) is 0 Å². The summed E-state index contributed by atoms with van der Waals surface area (Å²) in [5.74, 6) is -0.604. The molecule has 1 amide bonds. The number of fused-ring (bicyclic) bond motifs is 1. The van der Waals surface area contributed by atoms with Crippen LogP contribution in [0.4, 0.5) is 5.13 Å². The number of carbonyl (C=O) groups excluding carboxylic acids is 3. The van der Waals surface area contributed by atoms with E-state index >= 15 is 0 Å². The predicted octanol–water partition coefficient (Wildman–Crippen LogP) is 6.58. The first kappa shape index (κ1) is 30.1.